The van der Waals surface area contributed by atoms with Crippen molar-refractivity contribution in [2.75, 3.05) is 26.3 Å². The molecule has 0 bridgehead atoms. The van der Waals surface area contributed by atoms with E-state index < -0.39 is 5.79 Å². The maximum absolute atomic E-state index is 13.3. The van der Waals surface area contributed by atoms with Crippen molar-refractivity contribution in [1.82, 2.24) is 9.88 Å². The van der Waals surface area contributed by atoms with Gasteiger partial charge in [0.25, 0.3) is 0 Å². The number of hydrogen-bond donors (Lipinski definition) is 0. The van der Waals surface area contributed by atoms with Crippen LogP contribution in [0.2, 0.25) is 0 Å². The van der Waals surface area contributed by atoms with Gasteiger partial charge in [-0.3, -0.25) is 9.78 Å². The number of aromatic nitrogens is 1. The number of hydrogen-bond acceptors (Lipinski definition) is 4. The Balaban J connectivity index is 1.51. The van der Waals surface area contributed by atoms with Crippen molar-refractivity contribution in [2.24, 2.45) is 0 Å². The summed E-state index contributed by atoms with van der Waals surface area (Å²) in [5.41, 5.74) is 2.13. The largest absolute Gasteiger partial charge is 0.347 e. The van der Waals surface area contributed by atoms with Crippen LogP contribution in [0.25, 0.3) is 0 Å². The van der Waals surface area contributed by atoms with Gasteiger partial charge in [0.05, 0.1) is 19.1 Å². The Morgan fingerprint density at radius 2 is 1.81 bits per heavy atom. The minimum absolute atomic E-state index is 0.174. The summed E-state index contributed by atoms with van der Waals surface area (Å²) in [5, 5.41) is 0. The Hall–Kier alpha value is -2.24. The fourth-order valence-corrected chi connectivity index (χ4v) is 3.86. The van der Waals surface area contributed by atoms with Crippen LogP contribution in [0.5, 0.6) is 0 Å². The average molecular weight is 352 g/mol. The molecule has 5 nitrogen and oxygen atoms in total. The van der Waals surface area contributed by atoms with Crippen molar-refractivity contribution in [3.05, 3.63) is 66.0 Å². The van der Waals surface area contributed by atoms with Crippen molar-refractivity contribution < 1.29 is 14.3 Å². The number of pyridine rings is 1. The molecule has 136 valence electrons. The summed E-state index contributed by atoms with van der Waals surface area (Å²) in [6, 6.07) is 14.0. The van der Waals surface area contributed by atoms with Gasteiger partial charge in [-0.15, -0.1) is 0 Å². The summed E-state index contributed by atoms with van der Waals surface area (Å²) in [6.45, 7) is 2.66. The third-order valence-corrected chi connectivity index (χ3v) is 5.31. The highest BCUT2D eigenvalue weighted by Gasteiger charge is 2.41. The first-order chi connectivity index (χ1) is 12.8. The molecule has 5 heteroatoms. The van der Waals surface area contributed by atoms with E-state index in [-0.39, 0.29) is 11.8 Å². The van der Waals surface area contributed by atoms with Gasteiger partial charge in [0.2, 0.25) is 5.91 Å². The highest BCUT2D eigenvalue weighted by Crippen LogP contribution is 2.33. The Bertz CT molecular complexity index is 719. The van der Waals surface area contributed by atoms with Gasteiger partial charge >= 0.3 is 0 Å². The monoisotopic (exact) mass is 352 g/mol. The molecule has 0 N–H and O–H groups in total. The summed E-state index contributed by atoms with van der Waals surface area (Å²) in [7, 11) is 0. The first-order valence-electron chi connectivity index (χ1n) is 9.26. The van der Waals surface area contributed by atoms with Gasteiger partial charge < -0.3 is 14.4 Å². The van der Waals surface area contributed by atoms with Crippen LogP contribution in [0.1, 0.15) is 29.9 Å². The van der Waals surface area contributed by atoms with Gasteiger partial charge in [0.1, 0.15) is 0 Å². The van der Waals surface area contributed by atoms with E-state index >= 15 is 0 Å². The minimum Gasteiger partial charge on any atom is -0.347 e. The molecule has 1 unspecified atom stereocenters. The Labute approximate surface area is 153 Å². The Morgan fingerprint density at radius 1 is 1.08 bits per heavy atom. The lowest BCUT2D eigenvalue weighted by Crippen LogP contribution is -2.48. The first kappa shape index (κ1) is 17.2. The van der Waals surface area contributed by atoms with Gasteiger partial charge in [-0.05, 0) is 23.6 Å². The molecular formula is C21H24N2O3. The van der Waals surface area contributed by atoms with Crippen molar-refractivity contribution >= 4 is 5.91 Å². The molecule has 2 aromatic rings. The molecule has 2 aliphatic heterocycles. The number of carbonyl (C=O) groups is 1. The summed E-state index contributed by atoms with van der Waals surface area (Å²) < 4.78 is 11.6. The van der Waals surface area contributed by atoms with Crippen molar-refractivity contribution in [3.8, 4) is 0 Å². The molecule has 2 fully saturated rings. The quantitative estimate of drug-likeness (QED) is 0.849. The lowest BCUT2D eigenvalue weighted by molar-refractivity contribution is -0.187. The number of carbonyl (C=O) groups excluding carboxylic acids is 1. The van der Waals surface area contributed by atoms with Crippen LogP contribution in [0, 0.1) is 0 Å². The van der Waals surface area contributed by atoms with E-state index in [1.807, 2.05) is 53.6 Å². The van der Waals surface area contributed by atoms with Crippen molar-refractivity contribution in [3.63, 3.8) is 0 Å². The number of benzene rings is 1. The molecule has 1 spiro atoms. The summed E-state index contributed by atoms with van der Waals surface area (Å²) in [4.78, 5) is 19.5. The molecule has 1 aromatic carbocycles. The zero-order valence-electron chi connectivity index (χ0n) is 14.8. The number of rotatable bonds is 4. The lowest BCUT2D eigenvalue weighted by Gasteiger charge is -2.39. The molecule has 4 rings (SSSR count). The number of likely N-dealkylation sites (tertiary alicyclic amines) is 1. The van der Waals surface area contributed by atoms with Crippen LogP contribution >= 0.6 is 0 Å². The number of ether oxygens (including phenoxy) is 2. The van der Waals surface area contributed by atoms with Crippen LogP contribution < -0.4 is 0 Å². The topological polar surface area (TPSA) is 51.7 Å². The fraction of sp³-hybridized carbons (Fsp3) is 0.429. The van der Waals surface area contributed by atoms with E-state index in [0.29, 0.717) is 32.7 Å². The first-order valence-corrected chi connectivity index (χ1v) is 9.26. The molecule has 2 aliphatic rings. The lowest BCUT2D eigenvalue weighted by atomic mass is 9.90. The van der Waals surface area contributed by atoms with Gasteiger partial charge in [-0.25, -0.2) is 0 Å². The second-order valence-electron chi connectivity index (χ2n) is 6.96. The summed E-state index contributed by atoms with van der Waals surface area (Å²) >= 11 is 0. The minimum atomic E-state index is -0.456. The third-order valence-electron chi connectivity index (χ3n) is 5.31. The predicted octanol–water partition coefficient (Wildman–Crippen LogP) is 2.77. The molecule has 26 heavy (non-hydrogen) atoms. The second-order valence-corrected chi connectivity index (χ2v) is 6.96. The molecule has 1 aromatic heterocycles. The zero-order valence-corrected chi connectivity index (χ0v) is 14.8. The predicted molar refractivity (Wildman–Crippen MR) is 97.6 cm³/mol. The van der Waals surface area contributed by atoms with Gasteiger partial charge in [0.15, 0.2) is 5.79 Å². The maximum atomic E-state index is 13.3. The number of nitrogens with zero attached hydrogens (tertiary/aromatic N) is 2. The molecular weight excluding hydrogens is 328 g/mol. The van der Waals surface area contributed by atoms with Gasteiger partial charge in [-0.2, -0.15) is 0 Å². The summed E-state index contributed by atoms with van der Waals surface area (Å²) in [6.07, 6.45) is 5.74. The van der Waals surface area contributed by atoms with E-state index in [1.165, 1.54) is 0 Å². The SMILES string of the molecule is O=C(C(Cc1cccnc1)c1ccccc1)N1CCC2(CC1)OCCO2. The Kier molecular flexibility index (Phi) is 5.00. The van der Waals surface area contributed by atoms with E-state index in [0.717, 1.165) is 24.0 Å². The van der Waals surface area contributed by atoms with Crippen LogP contribution in [-0.4, -0.2) is 47.9 Å². The highest BCUT2D eigenvalue weighted by molar-refractivity contribution is 5.84. The van der Waals surface area contributed by atoms with Crippen LogP contribution in [-0.2, 0) is 20.7 Å². The standard InChI is InChI=1S/C21H24N2O3/c24-20(23-11-8-21(9-12-23)25-13-14-26-21)19(18-6-2-1-3-7-18)15-17-5-4-10-22-16-17/h1-7,10,16,19H,8-9,11-15H2. The fourth-order valence-electron chi connectivity index (χ4n) is 3.86. The molecule has 3 heterocycles. The van der Waals surface area contributed by atoms with Crippen molar-refractivity contribution in [1.29, 1.82) is 0 Å². The van der Waals surface area contributed by atoms with Crippen LogP contribution in [0.3, 0.4) is 0 Å². The normalized spacial score (nSPS) is 20.2. The highest BCUT2D eigenvalue weighted by atomic mass is 16.7. The number of piperidine rings is 1. The number of amides is 1. The Morgan fingerprint density at radius 3 is 2.46 bits per heavy atom. The van der Waals surface area contributed by atoms with E-state index in [9.17, 15) is 4.79 Å². The van der Waals surface area contributed by atoms with Crippen LogP contribution in [0.4, 0.5) is 0 Å². The van der Waals surface area contributed by atoms with Crippen LogP contribution in [0.15, 0.2) is 54.9 Å². The van der Waals surface area contributed by atoms with Crippen molar-refractivity contribution in [2.45, 2.75) is 31.0 Å². The molecule has 1 atom stereocenters. The smallest absolute Gasteiger partial charge is 0.230 e. The zero-order chi connectivity index (χ0) is 17.8. The molecule has 0 aliphatic carbocycles. The average Bonchev–Trinajstić information content (AvgIpc) is 3.16. The molecule has 0 radical (unpaired) electrons. The van der Waals surface area contributed by atoms with E-state index in [2.05, 4.69) is 4.98 Å². The van der Waals surface area contributed by atoms with E-state index in [1.54, 1.807) is 6.20 Å². The molecule has 2 saturated heterocycles. The van der Waals surface area contributed by atoms with Gasteiger partial charge in [-0.1, -0.05) is 36.4 Å². The van der Waals surface area contributed by atoms with Gasteiger partial charge in [0, 0.05) is 38.3 Å². The summed E-state index contributed by atoms with van der Waals surface area (Å²) in [5.74, 6) is -0.477. The molecule has 1 amide bonds. The molecule has 0 saturated carbocycles. The second kappa shape index (κ2) is 7.56. The third kappa shape index (κ3) is 3.64. The van der Waals surface area contributed by atoms with E-state index in [4.69, 9.17) is 9.47 Å². The maximum Gasteiger partial charge on any atom is 0.230 e.